The van der Waals surface area contributed by atoms with Crippen molar-refractivity contribution in [2.45, 2.75) is 6.54 Å². The van der Waals surface area contributed by atoms with E-state index < -0.39 is 0 Å². The third-order valence-corrected chi connectivity index (χ3v) is 4.03. The molecule has 0 saturated heterocycles. The van der Waals surface area contributed by atoms with E-state index in [1.165, 1.54) is 18.5 Å². The summed E-state index contributed by atoms with van der Waals surface area (Å²) < 4.78 is 20.3. The summed E-state index contributed by atoms with van der Waals surface area (Å²) in [5.74, 6) is 0.524. The van der Waals surface area contributed by atoms with Crippen LogP contribution < -0.4 is 4.74 Å². The van der Waals surface area contributed by atoms with Crippen molar-refractivity contribution >= 4 is 10.9 Å². The zero-order valence-electron chi connectivity index (χ0n) is 13.0. The number of hydrogen-bond donors (Lipinski definition) is 1. The molecular weight excluding hydrogens is 307 g/mol. The Bertz CT molecular complexity index is 974. The Kier molecular flexibility index (Phi) is 3.49. The van der Waals surface area contributed by atoms with Crippen molar-refractivity contribution in [1.29, 1.82) is 0 Å². The standard InChI is InChI=1S/C18H15FN4O/c1-24-14-6-7-15-16(9-23-11-20-10-21-23)18(22-17(15)8-14)12-2-4-13(19)5-3-12/h2-8,10-11,22H,9H2,1H3. The zero-order valence-corrected chi connectivity index (χ0v) is 13.0. The van der Waals surface area contributed by atoms with E-state index >= 15 is 0 Å². The van der Waals surface area contributed by atoms with Gasteiger partial charge < -0.3 is 9.72 Å². The van der Waals surface area contributed by atoms with Crippen LogP contribution in [0, 0.1) is 5.82 Å². The topological polar surface area (TPSA) is 55.7 Å². The molecule has 0 fully saturated rings. The average molecular weight is 322 g/mol. The van der Waals surface area contributed by atoms with Gasteiger partial charge in [0.25, 0.3) is 0 Å². The first kappa shape index (κ1) is 14.4. The van der Waals surface area contributed by atoms with Crippen molar-refractivity contribution in [2.75, 3.05) is 7.11 Å². The molecule has 0 atom stereocenters. The van der Waals surface area contributed by atoms with Gasteiger partial charge in [-0.1, -0.05) is 0 Å². The van der Waals surface area contributed by atoms with Gasteiger partial charge in [0, 0.05) is 22.5 Å². The van der Waals surface area contributed by atoms with Crippen LogP contribution in [0.4, 0.5) is 4.39 Å². The molecule has 0 spiro atoms. The summed E-state index contributed by atoms with van der Waals surface area (Å²) in [7, 11) is 1.64. The lowest BCUT2D eigenvalue weighted by molar-refractivity contribution is 0.415. The lowest BCUT2D eigenvalue weighted by atomic mass is 10.1. The molecule has 0 saturated carbocycles. The second-order valence-electron chi connectivity index (χ2n) is 5.49. The highest BCUT2D eigenvalue weighted by molar-refractivity contribution is 5.91. The number of rotatable bonds is 4. The van der Waals surface area contributed by atoms with Crippen molar-refractivity contribution in [1.82, 2.24) is 19.7 Å². The molecule has 4 rings (SSSR count). The minimum Gasteiger partial charge on any atom is -0.497 e. The highest BCUT2D eigenvalue weighted by Gasteiger charge is 2.15. The van der Waals surface area contributed by atoms with E-state index in [0.717, 1.165) is 33.5 Å². The highest BCUT2D eigenvalue weighted by atomic mass is 19.1. The summed E-state index contributed by atoms with van der Waals surface area (Å²) in [4.78, 5) is 7.42. The molecule has 0 radical (unpaired) electrons. The maximum atomic E-state index is 13.3. The Morgan fingerprint density at radius 1 is 1.17 bits per heavy atom. The Balaban J connectivity index is 1.91. The predicted molar refractivity (Wildman–Crippen MR) is 89.4 cm³/mol. The van der Waals surface area contributed by atoms with E-state index in [4.69, 9.17) is 4.74 Å². The predicted octanol–water partition coefficient (Wildman–Crippen LogP) is 3.62. The van der Waals surface area contributed by atoms with Gasteiger partial charge in [0.05, 0.1) is 19.3 Å². The van der Waals surface area contributed by atoms with E-state index in [9.17, 15) is 4.39 Å². The molecule has 2 heterocycles. The van der Waals surface area contributed by atoms with Crippen LogP contribution in [0.15, 0.2) is 55.1 Å². The second kappa shape index (κ2) is 5.81. The van der Waals surface area contributed by atoms with Crippen LogP contribution in [-0.4, -0.2) is 26.9 Å². The molecule has 5 nitrogen and oxygen atoms in total. The third kappa shape index (κ3) is 2.52. The molecule has 0 unspecified atom stereocenters. The fourth-order valence-corrected chi connectivity index (χ4v) is 2.87. The van der Waals surface area contributed by atoms with Gasteiger partial charge in [-0.2, -0.15) is 5.10 Å². The quantitative estimate of drug-likeness (QED) is 0.624. The molecule has 6 heteroatoms. The first-order valence-electron chi connectivity index (χ1n) is 7.51. The molecular formula is C18H15FN4O. The summed E-state index contributed by atoms with van der Waals surface area (Å²) in [5.41, 5.74) is 3.89. The Labute approximate surface area is 137 Å². The van der Waals surface area contributed by atoms with Crippen LogP contribution in [0.1, 0.15) is 5.56 Å². The summed E-state index contributed by atoms with van der Waals surface area (Å²) in [6.07, 6.45) is 3.19. The third-order valence-electron chi connectivity index (χ3n) is 4.03. The monoisotopic (exact) mass is 322 g/mol. The summed E-state index contributed by atoms with van der Waals surface area (Å²) in [6, 6.07) is 12.3. The van der Waals surface area contributed by atoms with Gasteiger partial charge in [-0.05, 0) is 42.0 Å². The second-order valence-corrected chi connectivity index (χ2v) is 5.49. The molecule has 0 aliphatic heterocycles. The van der Waals surface area contributed by atoms with Crippen LogP contribution in [0.5, 0.6) is 5.75 Å². The van der Waals surface area contributed by atoms with Gasteiger partial charge in [0.15, 0.2) is 0 Å². The number of halogens is 1. The lowest BCUT2D eigenvalue weighted by Crippen LogP contribution is -2.01. The average Bonchev–Trinajstić information content (AvgIpc) is 3.24. The number of aromatic nitrogens is 4. The summed E-state index contributed by atoms with van der Waals surface area (Å²) >= 11 is 0. The van der Waals surface area contributed by atoms with Crippen LogP contribution in [0.25, 0.3) is 22.2 Å². The molecule has 120 valence electrons. The molecule has 1 N–H and O–H groups in total. The number of fused-ring (bicyclic) bond motifs is 1. The Hall–Kier alpha value is -3.15. The molecule has 0 aliphatic rings. The van der Waals surface area contributed by atoms with Crippen LogP contribution in [0.3, 0.4) is 0 Å². The van der Waals surface area contributed by atoms with Gasteiger partial charge >= 0.3 is 0 Å². The van der Waals surface area contributed by atoms with E-state index in [1.807, 2.05) is 18.2 Å². The van der Waals surface area contributed by atoms with E-state index in [0.29, 0.717) is 6.54 Å². The fraction of sp³-hybridized carbons (Fsp3) is 0.111. The first-order valence-corrected chi connectivity index (χ1v) is 7.51. The molecule has 2 aromatic carbocycles. The number of nitrogens with zero attached hydrogens (tertiary/aromatic N) is 3. The van der Waals surface area contributed by atoms with Crippen molar-refractivity contribution in [3.05, 3.63) is 66.5 Å². The normalized spacial score (nSPS) is 11.1. The Morgan fingerprint density at radius 3 is 2.71 bits per heavy atom. The number of benzene rings is 2. The van der Waals surface area contributed by atoms with Gasteiger partial charge in [-0.3, -0.25) is 0 Å². The summed E-state index contributed by atoms with van der Waals surface area (Å²) in [6.45, 7) is 0.568. The molecule has 0 amide bonds. The van der Waals surface area contributed by atoms with E-state index in [2.05, 4.69) is 15.1 Å². The number of H-pyrrole nitrogens is 1. The number of aromatic amines is 1. The van der Waals surface area contributed by atoms with Gasteiger partial charge in [-0.15, -0.1) is 0 Å². The van der Waals surface area contributed by atoms with Crippen LogP contribution >= 0.6 is 0 Å². The van der Waals surface area contributed by atoms with Gasteiger partial charge in [0.2, 0.25) is 0 Å². The van der Waals surface area contributed by atoms with E-state index in [-0.39, 0.29) is 5.82 Å². The number of ether oxygens (including phenoxy) is 1. The van der Waals surface area contributed by atoms with Crippen LogP contribution in [-0.2, 0) is 6.54 Å². The van der Waals surface area contributed by atoms with Crippen molar-refractivity contribution in [3.63, 3.8) is 0 Å². The van der Waals surface area contributed by atoms with Crippen LogP contribution in [0.2, 0.25) is 0 Å². The largest absolute Gasteiger partial charge is 0.497 e. The van der Waals surface area contributed by atoms with Crippen molar-refractivity contribution in [3.8, 4) is 17.0 Å². The van der Waals surface area contributed by atoms with Gasteiger partial charge in [0.1, 0.15) is 24.2 Å². The summed E-state index contributed by atoms with van der Waals surface area (Å²) in [5, 5.41) is 5.26. The number of nitrogens with one attached hydrogen (secondary N) is 1. The van der Waals surface area contributed by atoms with Crippen molar-refractivity contribution in [2.24, 2.45) is 0 Å². The Morgan fingerprint density at radius 2 is 2.00 bits per heavy atom. The highest BCUT2D eigenvalue weighted by Crippen LogP contribution is 2.32. The van der Waals surface area contributed by atoms with Gasteiger partial charge in [-0.25, -0.2) is 14.1 Å². The first-order chi connectivity index (χ1) is 11.7. The minimum atomic E-state index is -0.255. The zero-order chi connectivity index (χ0) is 16.5. The fourth-order valence-electron chi connectivity index (χ4n) is 2.87. The number of methoxy groups -OCH3 is 1. The lowest BCUT2D eigenvalue weighted by Gasteiger charge is -2.05. The molecule has 2 aromatic heterocycles. The van der Waals surface area contributed by atoms with E-state index in [1.54, 1.807) is 30.3 Å². The van der Waals surface area contributed by atoms with Crippen molar-refractivity contribution < 1.29 is 9.13 Å². The number of hydrogen-bond acceptors (Lipinski definition) is 3. The molecule has 24 heavy (non-hydrogen) atoms. The maximum Gasteiger partial charge on any atom is 0.137 e. The molecule has 0 aliphatic carbocycles. The smallest absolute Gasteiger partial charge is 0.137 e. The minimum absolute atomic E-state index is 0.255. The maximum absolute atomic E-state index is 13.3. The molecule has 4 aromatic rings. The SMILES string of the molecule is COc1ccc2c(Cn3cncn3)c(-c3ccc(F)cc3)[nH]c2c1. The molecule has 0 bridgehead atoms.